The zero-order chi connectivity index (χ0) is 15.6. The number of piperazine rings is 1. The van der Waals surface area contributed by atoms with E-state index in [0.717, 1.165) is 44.0 Å². The van der Waals surface area contributed by atoms with Gasteiger partial charge in [0.2, 0.25) is 0 Å². The number of hydrogen-bond acceptors (Lipinski definition) is 3. The number of piperidine rings is 1. The Morgan fingerprint density at radius 1 is 0.739 bits per heavy atom. The van der Waals surface area contributed by atoms with E-state index in [2.05, 4.69) is 14.7 Å². The molecule has 2 heterocycles. The Hall–Kier alpha value is -1.13. The molecule has 0 spiro atoms. The number of likely N-dealkylation sites (tertiary alicyclic amines) is 1. The van der Waals surface area contributed by atoms with Crippen LogP contribution in [0.3, 0.4) is 0 Å². The van der Waals surface area contributed by atoms with E-state index in [4.69, 9.17) is 0 Å². The zero-order valence-electron chi connectivity index (χ0n) is 14.0. The summed E-state index contributed by atoms with van der Waals surface area (Å²) in [5.41, 5.74) is 1.16. The van der Waals surface area contributed by atoms with Crippen LogP contribution in [0.2, 0.25) is 0 Å². The molecular weight excluding hydrogens is 289 g/mol. The lowest BCUT2D eigenvalue weighted by molar-refractivity contribution is 0.0419. The maximum absolute atomic E-state index is 13.1. The lowest BCUT2D eigenvalue weighted by Crippen LogP contribution is -2.57. The van der Waals surface area contributed by atoms with Crippen molar-refractivity contribution in [2.24, 2.45) is 0 Å². The molecule has 1 unspecified atom stereocenters. The number of anilines is 1. The Morgan fingerprint density at radius 3 is 2.09 bits per heavy atom. The summed E-state index contributed by atoms with van der Waals surface area (Å²) in [5.74, 6) is -0.148. The predicted molar refractivity (Wildman–Crippen MR) is 92.4 cm³/mol. The Balaban J connectivity index is 1.31. The topological polar surface area (TPSA) is 9.72 Å². The standard InChI is InChI=1S/C19H28FN3/c20-16-6-8-18(9-7-16)21-11-13-22(14-12-21)19-5-2-10-23(15-19)17-3-1-4-17/h6-9,17,19H,1-5,10-15H2. The SMILES string of the molecule is Fc1ccc(N2CCN(C3CCCN(C4CCC4)C3)CC2)cc1. The van der Waals surface area contributed by atoms with Gasteiger partial charge in [-0.2, -0.15) is 0 Å². The minimum atomic E-state index is -0.148. The second-order valence-corrected chi connectivity index (χ2v) is 7.38. The quantitative estimate of drug-likeness (QED) is 0.848. The maximum atomic E-state index is 13.1. The third-order valence-electron chi connectivity index (χ3n) is 6.04. The van der Waals surface area contributed by atoms with Crippen LogP contribution >= 0.6 is 0 Å². The number of nitrogens with zero attached hydrogens (tertiary/aromatic N) is 3. The van der Waals surface area contributed by atoms with Crippen LogP contribution in [0.4, 0.5) is 10.1 Å². The van der Waals surface area contributed by atoms with E-state index in [9.17, 15) is 4.39 Å². The molecular formula is C19H28FN3. The summed E-state index contributed by atoms with van der Waals surface area (Å²) >= 11 is 0. The Morgan fingerprint density at radius 2 is 1.43 bits per heavy atom. The molecule has 3 aliphatic rings. The lowest BCUT2D eigenvalue weighted by Gasteiger charge is -2.47. The fourth-order valence-electron chi connectivity index (χ4n) is 4.36. The van der Waals surface area contributed by atoms with E-state index in [-0.39, 0.29) is 5.82 Å². The monoisotopic (exact) mass is 317 g/mol. The van der Waals surface area contributed by atoms with Crippen LogP contribution in [-0.2, 0) is 0 Å². The van der Waals surface area contributed by atoms with E-state index in [1.807, 2.05) is 12.1 Å². The van der Waals surface area contributed by atoms with Crippen molar-refractivity contribution in [2.45, 2.75) is 44.2 Å². The molecule has 0 amide bonds. The molecule has 0 bridgehead atoms. The summed E-state index contributed by atoms with van der Waals surface area (Å²) in [6, 6.07) is 8.59. The summed E-state index contributed by atoms with van der Waals surface area (Å²) in [7, 11) is 0. The second kappa shape index (κ2) is 6.78. The van der Waals surface area contributed by atoms with Gasteiger partial charge in [-0.1, -0.05) is 6.42 Å². The maximum Gasteiger partial charge on any atom is 0.123 e. The van der Waals surface area contributed by atoms with Crippen molar-refractivity contribution in [3.05, 3.63) is 30.1 Å². The van der Waals surface area contributed by atoms with Gasteiger partial charge in [-0.25, -0.2) is 4.39 Å². The highest BCUT2D eigenvalue weighted by molar-refractivity contribution is 5.46. The summed E-state index contributed by atoms with van der Waals surface area (Å²) in [6.07, 6.45) is 7.00. The normalized spacial score (nSPS) is 27.9. The van der Waals surface area contributed by atoms with Crippen molar-refractivity contribution in [2.75, 3.05) is 44.2 Å². The largest absolute Gasteiger partial charge is 0.369 e. The van der Waals surface area contributed by atoms with Crippen LogP contribution in [0.25, 0.3) is 0 Å². The molecule has 3 nitrogen and oxygen atoms in total. The molecule has 0 radical (unpaired) electrons. The van der Waals surface area contributed by atoms with Crippen LogP contribution in [-0.4, -0.2) is 61.2 Å². The molecule has 1 aromatic rings. The Bertz CT molecular complexity index is 506. The summed E-state index contributed by atoms with van der Waals surface area (Å²) in [5, 5.41) is 0. The van der Waals surface area contributed by atoms with Gasteiger partial charge < -0.3 is 4.90 Å². The first-order valence-electron chi connectivity index (χ1n) is 9.28. The third-order valence-corrected chi connectivity index (χ3v) is 6.04. The minimum absolute atomic E-state index is 0.148. The molecule has 126 valence electrons. The summed E-state index contributed by atoms with van der Waals surface area (Å²) < 4.78 is 13.1. The van der Waals surface area contributed by atoms with Crippen molar-refractivity contribution in [1.29, 1.82) is 0 Å². The first-order valence-corrected chi connectivity index (χ1v) is 9.28. The fourth-order valence-corrected chi connectivity index (χ4v) is 4.36. The number of hydrogen-bond donors (Lipinski definition) is 0. The van der Waals surface area contributed by atoms with Crippen LogP contribution in [0.15, 0.2) is 24.3 Å². The molecule has 1 aromatic carbocycles. The van der Waals surface area contributed by atoms with Crippen LogP contribution in [0.1, 0.15) is 32.1 Å². The number of benzene rings is 1. The van der Waals surface area contributed by atoms with E-state index in [1.165, 1.54) is 45.2 Å². The molecule has 4 heteroatoms. The molecule has 0 N–H and O–H groups in total. The molecule has 4 rings (SSSR count). The number of rotatable bonds is 3. The average molecular weight is 317 g/mol. The van der Waals surface area contributed by atoms with Gasteiger partial charge in [0.25, 0.3) is 0 Å². The molecule has 1 saturated carbocycles. The molecule has 1 atom stereocenters. The second-order valence-electron chi connectivity index (χ2n) is 7.38. The molecule has 0 aromatic heterocycles. The van der Waals surface area contributed by atoms with Gasteiger partial charge in [-0.3, -0.25) is 9.80 Å². The lowest BCUT2D eigenvalue weighted by atomic mass is 9.89. The van der Waals surface area contributed by atoms with Crippen LogP contribution in [0.5, 0.6) is 0 Å². The molecule has 3 fully saturated rings. The van der Waals surface area contributed by atoms with E-state index >= 15 is 0 Å². The highest BCUT2D eigenvalue weighted by Crippen LogP contribution is 2.29. The highest BCUT2D eigenvalue weighted by atomic mass is 19.1. The third kappa shape index (κ3) is 3.38. The van der Waals surface area contributed by atoms with Gasteiger partial charge >= 0.3 is 0 Å². The van der Waals surface area contributed by atoms with Gasteiger partial charge in [-0.15, -0.1) is 0 Å². The summed E-state index contributed by atoms with van der Waals surface area (Å²) in [6.45, 7) is 7.00. The predicted octanol–water partition coefficient (Wildman–Crippen LogP) is 2.96. The van der Waals surface area contributed by atoms with Gasteiger partial charge in [0.05, 0.1) is 0 Å². The highest BCUT2D eigenvalue weighted by Gasteiger charge is 2.32. The van der Waals surface area contributed by atoms with Crippen molar-refractivity contribution < 1.29 is 4.39 Å². The smallest absolute Gasteiger partial charge is 0.123 e. The molecule has 2 saturated heterocycles. The molecule has 2 aliphatic heterocycles. The van der Waals surface area contributed by atoms with E-state index < -0.39 is 0 Å². The fraction of sp³-hybridized carbons (Fsp3) is 0.684. The van der Waals surface area contributed by atoms with Crippen molar-refractivity contribution >= 4 is 5.69 Å². The number of halogens is 1. The van der Waals surface area contributed by atoms with Crippen molar-refractivity contribution in [3.63, 3.8) is 0 Å². The van der Waals surface area contributed by atoms with Gasteiger partial charge in [0, 0.05) is 50.5 Å². The van der Waals surface area contributed by atoms with Gasteiger partial charge in [0.1, 0.15) is 5.82 Å². The van der Waals surface area contributed by atoms with Crippen molar-refractivity contribution in [3.8, 4) is 0 Å². The zero-order valence-corrected chi connectivity index (χ0v) is 14.0. The molecule has 23 heavy (non-hydrogen) atoms. The van der Waals surface area contributed by atoms with Gasteiger partial charge in [-0.05, 0) is 56.5 Å². The van der Waals surface area contributed by atoms with Crippen molar-refractivity contribution in [1.82, 2.24) is 9.80 Å². The average Bonchev–Trinajstić information content (AvgIpc) is 2.55. The van der Waals surface area contributed by atoms with E-state index in [0.29, 0.717) is 0 Å². The minimum Gasteiger partial charge on any atom is -0.369 e. The first-order chi connectivity index (χ1) is 11.3. The summed E-state index contributed by atoms with van der Waals surface area (Å²) in [4.78, 5) is 7.84. The van der Waals surface area contributed by atoms with Gasteiger partial charge in [0.15, 0.2) is 0 Å². The molecule has 1 aliphatic carbocycles. The first kappa shape index (κ1) is 15.4. The Labute approximate surface area is 139 Å². The van der Waals surface area contributed by atoms with Crippen LogP contribution < -0.4 is 4.90 Å². The van der Waals surface area contributed by atoms with Crippen LogP contribution in [0, 0.1) is 5.82 Å². The van der Waals surface area contributed by atoms with E-state index in [1.54, 1.807) is 12.1 Å². The Kier molecular flexibility index (Phi) is 4.54.